The first-order chi connectivity index (χ1) is 5.49. The Labute approximate surface area is 99.0 Å². The fourth-order valence-corrected chi connectivity index (χ4v) is 0.973. The zero-order valence-electron chi connectivity index (χ0n) is 9.34. The van der Waals surface area contributed by atoms with Crippen LogP contribution in [0.2, 0.25) is 0 Å². The Morgan fingerprint density at radius 3 is 1.62 bits per heavy atom. The van der Waals surface area contributed by atoms with Crippen LogP contribution in [0.4, 0.5) is 0 Å². The van der Waals surface area contributed by atoms with Crippen molar-refractivity contribution in [3.63, 3.8) is 0 Å². The van der Waals surface area contributed by atoms with Gasteiger partial charge >= 0.3 is 0 Å². The Hall–Kier alpha value is 0.610. The molecule has 0 saturated heterocycles. The molecule has 13 heavy (non-hydrogen) atoms. The summed E-state index contributed by atoms with van der Waals surface area (Å²) in [6.45, 7) is 6.29. The second-order valence-electron chi connectivity index (χ2n) is 3.81. The molecule has 0 saturated carbocycles. The Bertz CT molecular complexity index is 109. The molecule has 0 radical (unpaired) electrons. The summed E-state index contributed by atoms with van der Waals surface area (Å²) >= 11 is 0. The van der Waals surface area contributed by atoms with E-state index in [2.05, 4.69) is 21.1 Å². The van der Waals surface area contributed by atoms with Crippen LogP contribution in [0, 0.1) is 0 Å². The standard InChI is InChI=1S/C9H22NO2.HI/c1-6-11-9(12-7-2)8-10(3,4)5;/h9H,6-8H2,1-5H3;1H/q+1;/p-1. The normalized spacial score (nSPS) is 11.5. The number of halogens is 1. The Morgan fingerprint density at radius 2 is 1.38 bits per heavy atom. The van der Waals surface area contributed by atoms with Crippen molar-refractivity contribution >= 4 is 0 Å². The van der Waals surface area contributed by atoms with Gasteiger partial charge in [0.05, 0.1) is 21.1 Å². The van der Waals surface area contributed by atoms with Gasteiger partial charge < -0.3 is 37.9 Å². The Kier molecular flexibility index (Phi) is 9.83. The molecule has 0 rings (SSSR count). The number of hydrogen-bond donors (Lipinski definition) is 0. The van der Waals surface area contributed by atoms with Crippen molar-refractivity contribution in [2.75, 3.05) is 40.9 Å². The number of quaternary nitrogens is 1. The van der Waals surface area contributed by atoms with E-state index in [1.807, 2.05) is 13.8 Å². The first-order valence-electron chi connectivity index (χ1n) is 4.53. The van der Waals surface area contributed by atoms with Crippen LogP contribution < -0.4 is 24.0 Å². The summed E-state index contributed by atoms with van der Waals surface area (Å²) in [6.07, 6.45) is -0.0556. The van der Waals surface area contributed by atoms with Gasteiger partial charge in [-0.3, -0.25) is 0 Å². The quantitative estimate of drug-likeness (QED) is 0.324. The van der Waals surface area contributed by atoms with E-state index in [1.54, 1.807) is 0 Å². The highest BCUT2D eigenvalue weighted by Crippen LogP contribution is 2.01. The van der Waals surface area contributed by atoms with Crippen LogP contribution in [0.15, 0.2) is 0 Å². The predicted octanol–water partition coefficient (Wildman–Crippen LogP) is -1.90. The second kappa shape index (κ2) is 7.96. The van der Waals surface area contributed by atoms with Gasteiger partial charge in [-0.2, -0.15) is 0 Å². The van der Waals surface area contributed by atoms with Crippen molar-refractivity contribution in [2.24, 2.45) is 0 Å². The van der Waals surface area contributed by atoms with Gasteiger partial charge in [0.1, 0.15) is 6.54 Å². The highest BCUT2D eigenvalue weighted by molar-refractivity contribution is 4.40. The summed E-state index contributed by atoms with van der Waals surface area (Å²) in [7, 11) is 6.39. The molecule has 3 nitrogen and oxygen atoms in total. The largest absolute Gasteiger partial charge is 1.00 e. The SMILES string of the molecule is CCOC(C[N+](C)(C)C)OCC.[I-]. The van der Waals surface area contributed by atoms with Crippen LogP contribution in [-0.4, -0.2) is 51.7 Å². The third kappa shape index (κ3) is 10.5. The molecule has 0 aliphatic heterocycles. The van der Waals surface area contributed by atoms with E-state index in [0.717, 1.165) is 11.0 Å². The number of hydrogen-bond acceptors (Lipinski definition) is 2. The molecule has 0 amide bonds. The molecule has 4 heteroatoms. The van der Waals surface area contributed by atoms with Crippen molar-refractivity contribution in [1.82, 2.24) is 0 Å². The molecule has 0 aliphatic carbocycles. The highest BCUT2D eigenvalue weighted by Gasteiger charge is 2.17. The molecule has 0 fully saturated rings. The van der Waals surface area contributed by atoms with Gasteiger partial charge in [-0.25, -0.2) is 0 Å². The molecule has 0 aliphatic rings. The van der Waals surface area contributed by atoms with Crippen molar-refractivity contribution < 1.29 is 37.9 Å². The van der Waals surface area contributed by atoms with Crippen molar-refractivity contribution in [1.29, 1.82) is 0 Å². The van der Waals surface area contributed by atoms with E-state index in [9.17, 15) is 0 Å². The minimum Gasteiger partial charge on any atom is -1.00 e. The summed E-state index contributed by atoms with van der Waals surface area (Å²) < 4.78 is 11.7. The lowest BCUT2D eigenvalue weighted by Gasteiger charge is -2.28. The molecule has 0 heterocycles. The molecular formula is C9H22INO2. The minimum absolute atomic E-state index is 0. The van der Waals surface area contributed by atoms with E-state index in [-0.39, 0.29) is 30.3 Å². The summed E-state index contributed by atoms with van der Waals surface area (Å²) in [4.78, 5) is 0. The van der Waals surface area contributed by atoms with Crippen LogP contribution >= 0.6 is 0 Å². The lowest BCUT2D eigenvalue weighted by Crippen LogP contribution is -3.00. The van der Waals surface area contributed by atoms with Gasteiger partial charge in [0.2, 0.25) is 6.29 Å². The van der Waals surface area contributed by atoms with Gasteiger partial charge in [-0.05, 0) is 13.8 Å². The number of ether oxygens (including phenoxy) is 2. The van der Waals surface area contributed by atoms with Gasteiger partial charge in [0.15, 0.2) is 0 Å². The second-order valence-corrected chi connectivity index (χ2v) is 3.81. The average molecular weight is 303 g/mol. The third-order valence-corrected chi connectivity index (χ3v) is 1.40. The van der Waals surface area contributed by atoms with Crippen molar-refractivity contribution in [3.05, 3.63) is 0 Å². The maximum atomic E-state index is 5.42. The van der Waals surface area contributed by atoms with Crippen LogP contribution in [0.3, 0.4) is 0 Å². The van der Waals surface area contributed by atoms with Gasteiger partial charge in [0.25, 0.3) is 0 Å². The van der Waals surface area contributed by atoms with E-state index in [1.165, 1.54) is 0 Å². The number of nitrogens with zero attached hydrogens (tertiary/aromatic N) is 1. The van der Waals surface area contributed by atoms with E-state index in [4.69, 9.17) is 9.47 Å². The van der Waals surface area contributed by atoms with Crippen LogP contribution in [0.5, 0.6) is 0 Å². The summed E-state index contributed by atoms with van der Waals surface area (Å²) in [6, 6.07) is 0. The maximum Gasteiger partial charge on any atom is 0.207 e. The zero-order valence-corrected chi connectivity index (χ0v) is 11.5. The Balaban J connectivity index is 0. The highest BCUT2D eigenvalue weighted by atomic mass is 127. The topological polar surface area (TPSA) is 18.5 Å². The minimum atomic E-state index is -0.0556. The number of rotatable bonds is 6. The molecule has 0 unspecified atom stereocenters. The van der Waals surface area contributed by atoms with Gasteiger partial charge in [-0.1, -0.05) is 0 Å². The molecule has 0 aromatic heterocycles. The van der Waals surface area contributed by atoms with Gasteiger partial charge in [0, 0.05) is 13.2 Å². The monoisotopic (exact) mass is 303 g/mol. The lowest BCUT2D eigenvalue weighted by molar-refractivity contribution is -0.876. The average Bonchev–Trinajstić information content (AvgIpc) is 1.84. The maximum absolute atomic E-state index is 5.42. The first-order valence-corrected chi connectivity index (χ1v) is 4.53. The van der Waals surface area contributed by atoms with E-state index >= 15 is 0 Å². The summed E-state index contributed by atoms with van der Waals surface area (Å²) in [5.41, 5.74) is 0. The van der Waals surface area contributed by atoms with Crippen LogP contribution in [-0.2, 0) is 9.47 Å². The molecule has 0 aromatic carbocycles. The fraction of sp³-hybridized carbons (Fsp3) is 1.00. The zero-order chi connectivity index (χ0) is 9.61. The van der Waals surface area contributed by atoms with Crippen LogP contribution in [0.1, 0.15) is 13.8 Å². The summed E-state index contributed by atoms with van der Waals surface area (Å²) in [5, 5.41) is 0. The third-order valence-electron chi connectivity index (χ3n) is 1.40. The molecule has 0 N–H and O–H groups in total. The van der Waals surface area contributed by atoms with Crippen molar-refractivity contribution in [2.45, 2.75) is 20.1 Å². The smallest absolute Gasteiger partial charge is 0.207 e. The fourth-order valence-electron chi connectivity index (χ4n) is 0.973. The molecule has 0 aromatic rings. The molecule has 0 bridgehead atoms. The lowest BCUT2D eigenvalue weighted by atomic mass is 10.5. The molecule has 0 spiro atoms. The van der Waals surface area contributed by atoms with Crippen molar-refractivity contribution in [3.8, 4) is 0 Å². The Morgan fingerprint density at radius 1 is 1.00 bits per heavy atom. The van der Waals surface area contributed by atoms with E-state index in [0.29, 0.717) is 13.2 Å². The van der Waals surface area contributed by atoms with Crippen LogP contribution in [0.25, 0.3) is 0 Å². The van der Waals surface area contributed by atoms with Gasteiger partial charge in [-0.15, -0.1) is 0 Å². The molecular weight excluding hydrogens is 281 g/mol. The predicted molar refractivity (Wildman–Crippen MR) is 49.9 cm³/mol. The number of likely N-dealkylation sites (N-methyl/N-ethyl adjacent to an activating group) is 1. The molecule has 82 valence electrons. The summed E-state index contributed by atoms with van der Waals surface area (Å²) in [5.74, 6) is 0. The van der Waals surface area contributed by atoms with E-state index < -0.39 is 0 Å². The molecule has 0 atom stereocenters. The first kappa shape index (κ1) is 16.1.